The van der Waals surface area contributed by atoms with Gasteiger partial charge in [-0.2, -0.15) is 9.78 Å². The molecule has 0 radical (unpaired) electrons. The number of carbonyl (C=O) groups excluding carboxylic acids is 1. The lowest BCUT2D eigenvalue weighted by atomic mass is 10.1. The van der Waals surface area contributed by atoms with E-state index in [4.69, 9.17) is 16.1 Å². The maximum Gasteiger partial charge on any atom is 0.278 e. The number of aromatic nitrogens is 3. The maximum absolute atomic E-state index is 12.7. The van der Waals surface area contributed by atoms with Gasteiger partial charge in [0.25, 0.3) is 5.91 Å². The van der Waals surface area contributed by atoms with Crippen molar-refractivity contribution in [2.45, 2.75) is 0 Å². The summed E-state index contributed by atoms with van der Waals surface area (Å²) in [5.41, 5.74) is 2.65. The Morgan fingerprint density at radius 3 is 2.52 bits per heavy atom. The summed E-state index contributed by atoms with van der Waals surface area (Å²) in [6, 6.07) is 19.8. The van der Waals surface area contributed by atoms with Crippen LogP contribution >= 0.6 is 11.6 Å². The first kappa shape index (κ1) is 15.4. The van der Waals surface area contributed by atoms with Gasteiger partial charge in [0.1, 0.15) is 11.4 Å². The third-order valence-electron chi connectivity index (χ3n) is 3.76. The predicted molar refractivity (Wildman–Crippen MR) is 94.3 cm³/mol. The van der Waals surface area contributed by atoms with Crippen LogP contribution < -0.4 is 0 Å². The topological polar surface area (TPSA) is 60.9 Å². The van der Waals surface area contributed by atoms with Crippen LogP contribution in [0, 0.1) is 0 Å². The molecule has 0 saturated heterocycles. The van der Waals surface area contributed by atoms with E-state index in [2.05, 4.69) is 10.3 Å². The minimum Gasteiger partial charge on any atom is -0.354 e. The highest BCUT2D eigenvalue weighted by Crippen LogP contribution is 2.26. The van der Waals surface area contributed by atoms with Crippen LogP contribution in [0.1, 0.15) is 10.4 Å². The van der Waals surface area contributed by atoms with Gasteiger partial charge in [-0.05, 0) is 30.3 Å². The number of nitrogens with zero attached hydrogens (tertiary/aromatic N) is 3. The second kappa shape index (κ2) is 6.37. The molecule has 4 aromatic rings. The molecular weight excluding hydrogens is 338 g/mol. The summed E-state index contributed by atoms with van der Waals surface area (Å²) in [5.74, 6) is 0.202. The minimum atomic E-state index is -0.269. The van der Waals surface area contributed by atoms with E-state index >= 15 is 0 Å². The highest BCUT2D eigenvalue weighted by atomic mass is 35.5. The van der Waals surface area contributed by atoms with Crippen molar-refractivity contribution in [3.63, 3.8) is 0 Å². The molecule has 5 nitrogen and oxygen atoms in total. The van der Waals surface area contributed by atoms with Crippen molar-refractivity contribution in [2.24, 2.45) is 0 Å². The number of benzene rings is 2. The van der Waals surface area contributed by atoms with Crippen LogP contribution in [0.15, 0.2) is 77.4 Å². The van der Waals surface area contributed by atoms with E-state index in [1.165, 1.54) is 4.68 Å². The number of rotatable bonds is 3. The Kier molecular flexibility index (Phi) is 3.91. The molecule has 0 unspecified atom stereocenters. The zero-order valence-corrected chi connectivity index (χ0v) is 13.7. The molecule has 0 saturated carbocycles. The summed E-state index contributed by atoms with van der Waals surface area (Å²) in [5, 5.41) is 8.77. The smallest absolute Gasteiger partial charge is 0.278 e. The quantitative estimate of drug-likeness (QED) is 0.544. The van der Waals surface area contributed by atoms with Crippen molar-refractivity contribution in [2.75, 3.05) is 0 Å². The predicted octanol–water partition coefficient (Wildman–Crippen LogP) is 4.55. The molecule has 0 bridgehead atoms. The fourth-order valence-corrected chi connectivity index (χ4v) is 2.63. The van der Waals surface area contributed by atoms with Crippen LogP contribution in [-0.4, -0.2) is 20.8 Å². The first-order valence-corrected chi connectivity index (χ1v) is 7.97. The van der Waals surface area contributed by atoms with E-state index in [9.17, 15) is 4.79 Å². The SMILES string of the molecule is O=C(c1ccc(Cl)cc1)n1nccc1-c1cc(-c2ccccc2)no1. The van der Waals surface area contributed by atoms with Crippen molar-refractivity contribution >= 4 is 17.5 Å². The summed E-state index contributed by atoms with van der Waals surface area (Å²) in [7, 11) is 0. The normalized spacial score (nSPS) is 10.8. The molecule has 4 rings (SSSR count). The van der Waals surface area contributed by atoms with Crippen molar-refractivity contribution in [3.05, 3.63) is 83.5 Å². The molecule has 25 heavy (non-hydrogen) atoms. The van der Waals surface area contributed by atoms with Crippen LogP contribution in [0.4, 0.5) is 0 Å². The summed E-state index contributed by atoms with van der Waals surface area (Å²) in [4.78, 5) is 12.7. The number of halogens is 1. The van der Waals surface area contributed by atoms with E-state index in [1.54, 1.807) is 42.6 Å². The molecule has 0 fully saturated rings. The van der Waals surface area contributed by atoms with Gasteiger partial charge in [0.15, 0.2) is 5.76 Å². The van der Waals surface area contributed by atoms with Gasteiger partial charge in [-0.1, -0.05) is 47.1 Å². The van der Waals surface area contributed by atoms with Gasteiger partial charge >= 0.3 is 0 Å². The highest BCUT2D eigenvalue weighted by molar-refractivity contribution is 6.30. The molecule has 0 N–H and O–H groups in total. The van der Waals surface area contributed by atoms with Gasteiger partial charge < -0.3 is 4.52 Å². The monoisotopic (exact) mass is 349 g/mol. The molecule has 122 valence electrons. The summed E-state index contributed by atoms with van der Waals surface area (Å²) >= 11 is 5.87. The lowest BCUT2D eigenvalue weighted by Crippen LogP contribution is -2.14. The minimum absolute atomic E-state index is 0.269. The highest BCUT2D eigenvalue weighted by Gasteiger charge is 2.18. The van der Waals surface area contributed by atoms with E-state index < -0.39 is 0 Å². The van der Waals surface area contributed by atoms with E-state index in [-0.39, 0.29) is 5.91 Å². The molecule has 0 amide bonds. The van der Waals surface area contributed by atoms with Crippen molar-refractivity contribution in [1.82, 2.24) is 14.9 Å². The van der Waals surface area contributed by atoms with Crippen LogP contribution in [0.5, 0.6) is 0 Å². The molecule has 0 spiro atoms. The summed E-state index contributed by atoms with van der Waals surface area (Å²) in [6.45, 7) is 0. The van der Waals surface area contributed by atoms with Gasteiger partial charge in [0.2, 0.25) is 0 Å². The second-order valence-electron chi connectivity index (χ2n) is 5.38. The lowest BCUT2D eigenvalue weighted by Gasteiger charge is -2.04. The third kappa shape index (κ3) is 2.97. The van der Waals surface area contributed by atoms with Crippen molar-refractivity contribution in [3.8, 4) is 22.7 Å². The Bertz CT molecular complexity index is 1020. The Morgan fingerprint density at radius 2 is 1.76 bits per heavy atom. The Morgan fingerprint density at radius 1 is 1.00 bits per heavy atom. The zero-order valence-electron chi connectivity index (χ0n) is 13.0. The standard InChI is InChI=1S/C19H12ClN3O2/c20-15-8-6-14(7-9-15)19(24)23-17(10-11-21-23)18-12-16(22-25-18)13-4-2-1-3-5-13/h1-12H. The van der Waals surface area contributed by atoms with E-state index in [1.807, 2.05) is 30.3 Å². The molecule has 0 aliphatic carbocycles. The molecule has 0 aliphatic rings. The molecule has 0 aliphatic heterocycles. The maximum atomic E-state index is 12.7. The molecular formula is C19H12ClN3O2. The van der Waals surface area contributed by atoms with Crippen molar-refractivity contribution < 1.29 is 9.32 Å². The van der Waals surface area contributed by atoms with E-state index in [0.717, 1.165) is 5.56 Å². The lowest BCUT2D eigenvalue weighted by molar-refractivity contribution is 0.0946. The Balaban J connectivity index is 1.69. The molecule has 2 aromatic carbocycles. The Labute approximate surface area is 148 Å². The third-order valence-corrected chi connectivity index (χ3v) is 4.01. The summed E-state index contributed by atoms with van der Waals surface area (Å²) in [6.07, 6.45) is 1.55. The van der Waals surface area contributed by atoms with Crippen molar-refractivity contribution in [1.29, 1.82) is 0 Å². The fraction of sp³-hybridized carbons (Fsp3) is 0. The van der Waals surface area contributed by atoms with E-state index in [0.29, 0.717) is 27.7 Å². The van der Waals surface area contributed by atoms with Crippen LogP contribution in [-0.2, 0) is 0 Å². The largest absolute Gasteiger partial charge is 0.354 e. The molecule has 6 heteroatoms. The first-order valence-electron chi connectivity index (χ1n) is 7.59. The van der Waals surface area contributed by atoms with Gasteiger partial charge in [0.05, 0.1) is 6.20 Å². The first-order chi connectivity index (χ1) is 12.2. The Hall–Kier alpha value is -3.18. The van der Waals surface area contributed by atoms with Crippen LogP contribution in [0.25, 0.3) is 22.7 Å². The zero-order chi connectivity index (χ0) is 17.2. The van der Waals surface area contributed by atoms with Crippen LogP contribution in [0.2, 0.25) is 5.02 Å². The van der Waals surface area contributed by atoms with Gasteiger partial charge in [-0.15, -0.1) is 0 Å². The van der Waals surface area contributed by atoms with Gasteiger partial charge in [0, 0.05) is 22.2 Å². The fourth-order valence-electron chi connectivity index (χ4n) is 2.51. The average Bonchev–Trinajstić information content (AvgIpc) is 3.32. The molecule has 2 heterocycles. The second-order valence-corrected chi connectivity index (χ2v) is 5.82. The van der Waals surface area contributed by atoms with Gasteiger partial charge in [-0.3, -0.25) is 4.79 Å². The molecule has 0 atom stereocenters. The van der Waals surface area contributed by atoms with Gasteiger partial charge in [-0.25, -0.2) is 0 Å². The number of carbonyl (C=O) groups is 1. The molecule has 2 aromatic heterocycles. The number of hydrogen-bond donors (Lipinski definition) is 0. The number of hydrogen-bond acceptors (Lipinski definition) is 4. The summed E-state index contributed by atoms with van der Waals surface area (Å²) < 4.78 is 6.72. The van der Waals surface area contributed by atoms with Crippen LogP contribution in [0.3, 0.4) is 0 Å². The average molecular weight is 350 g/mol.